The van der Waals surface area contributed by atoms with Gasteiger partial charge in [-0.15, -0.1) is 0 Å². The van der Waals surface area contributed by atoms with Crippen LogP contribution in [0.4, 0.5) is 0 Å². The standard InChI is InChI=1S/C21H17N3O2/c25-21(16-9-6-12-22-14-16)24-23-18-13-20(15-7-2-1-3-8-15)26-19-11-5-4-10-17(18)19/h1-12,14,20H,13H2,(H,24,25)/b23-18-. The Labute approximate surface area is 151 Å². The van der Waals surface area contributed by atoms with Gasteiger partial charge in [0.25, 0.3) is 5.91 Å². The Kier molecular flexibility index (Phi) is 4.43. The molecule has 3 aromatic rings. The fourth-order valence-corrected chi connectivity index (χ4v) is 2.93. The van der Waals surface area contributed by atoms with Gasteiger partial charge in [-0.1, -0.05) is 42.5 Å². The van der Waals surface area contributed by atoms with Gasteiger partial charge in [-0.3, -0.25) is 9.78 Å². The predicted molar refractivity (Wildman–Crippen MR) is 99.1 cm³/mol. The van der Waals surface area contributed by atoms with Crippen molar-refractivity contribution in [1.82, 2.24) is 10.4 Å². The van der Waals surface area contributed by atoms with Crippen LogP contribution in [0.25, 0.3) is 0 Å². The number of aromatic nitrogens is 1. The van der Waals surface area contributed by atoms with Crippen molar-refractivity contribution in [1.29, 1.82) is 0 Å². The van der Waals surface area contributed by atoms with Gasteiger partial charge in [0.15, 0.2) is 0 Å². The van der Waals surface area contributed by atoms with Crippen molar-refractivity contribution >= 4 is 11.6 Å². The first kappa shape index (κ1) is 16.0. The lowest BCUT2D eigenvalue weighted by Crippen LogP contribution is -2.25. The normalized spacial score (nSPS) is 17.2. The molecule has 5 heteroatoms. The van der Waals surface area contributed by atoms with Crippen LogP contribution < -0.4 is 10.2 Å². The SMILES string of the molecule is O=C(N/N=C1/CC(c2ccccc2)Oc2ccccc21)c1cccnc1. The maximum Gasteiger partial charge on any atom is 0.272 e. The molecule has 26 heavy (non-hydrogen) atoms. The Hall–Kier alpha value is -3.47. The maximum atomic E-state index is 12.3. The number of benzene rings is 2. The Morgan fingerprint density at radius 1 is 1.04 bits per heavy atom. The third kappa shape index (κ3) is 3.32. The number of nitrogens with zero attached hydrogens (tertiary/aromatic N) is 2. The first-order valence-corrected chi connectivity index (χ1v) is 8.39. The second-order valence-electron chi connectivity index (χ2n) is 5.96. The van der Waals surface area contributed by atoms with E-state index >= 15 is 0 Å². The molecule has 2 aromatic carbocycles. The molecule has 5 nitrogen and oxygen atoms in total. The zero-order valence-electron chi connectivity index (χ0n) is 14.0. The number of fused-ring (bicyclic) bond motifs is 1. The molecule has 0 aliphatic carbocycles. The first-order chi connectivity index (χ1) is 12.8. The molecule has 0 bridgehead atoms. The lowest BCUT2D eigenvalue weighted by atomic mass is 9.96. The van der Waals surface area contributed by atoms with Crippen molar-refractivity contribution in [3.8, 4) is 5.75 Å². The van der Waals surface area contributed by atoms with Crippen LogP contribution >= 0.6 is 0 Å². The summed E-state index contributed by atoms with van der Waals surface area (Å²) in [6.07, 6.45) is 3.58. The molecule has 0 fully saturated rings. The number of para-hydroxylation sites is 1. The van der Waals surface area contributed by atoms with E-state index in [2.05, 4.69) is 15.5 Å². The lowest BCUT2D eigenvalue weighted by Gasteiger charge is -2.27. The van der Waals surface area contributed by atoms with Crippen LogP contribution in [-0.4, -0.2) is 16.6 Å². The zero-order valence-corrected chi connectivity index (χ0v) is 14.0. The number of rotatable bonds is 3. The number of carbonyl (C=O) groups excluding carboxylic acids is 1. The zero-order chi connectivity index (χ0) is 17.8. The van der Waals surface area contributed by atoms with E-state index in [4.69, 9.17) is 4.74 Å². The number of pyridine rings is 1. The number of hydrogen-bond acceptors (Lipinski definition) is 4. The molecule has 1 atom stereocenters. The third-order valence-corrected chi connectivity index (χ3v) is 4.23. The second-order valence-corrected chi connectivity index (χ2v) is 5.96. The number of nitrogens with one attached hydrogen (secondary N) is 1. The molecule has 0 radical (unpaired) electrons. The molecule has 1 unspecified atom stereocenters. The van der Waals surface area contributed by atoms with Gasteiger partial charge in [0.05, 0.1) is 11.3 Å². The van der Waals surface area contributed by atoms with Crippen molar-refractivity contribution in [2.75, 3.05) is 0 Å². The summed E-state index contributed by atoms with van der Waals surface area (Å²) in [5.74, 6) is 0.479. The predicted octanol–water partition coefficient (Wildman–Crippen LogP) is 3.74. The summed E-state index contributed by atoms with van der Waals surface area (Å²) >= 11 is 0. The Bertz CT molecular complexity index is 940. The van der Waals surface area contributed by atoms with E-state index < -0.39 is 0 Å². The minimum absolute atomic E-state index is 0.139. The molecule has 128 valence electrons. The molecule has 1 aliphatic rings. The third-order valence-electron chi connectivity index (χ3n) is 4.23. The van der Waals surface area contributed by atoms with Crippen molar-refractivity contribution in [2.24, 2.45) is 5.10 Å². The largest absolute Gasteiger partial charge is 0.485 e. The monoisotopic (exact) mass is 343 g/mol. The van der Waals surface area contributed by atoms with Crippen LogP contribution in [0, 0.1) is 0 Å². The average molecular weight is 343 g/mol. The quantitative estimate of drug-likeness (QED) is 0.737. The fraction of sp³-hybridized carbons (Fsp3) is 0.0952. The summed E-state index contributed by atoms with van der Waals surface area (Å²) in [6.45, 7) is 0. The highest BCUT2D eigenvalue weighted by Gasteiger charge is 2.26. The van der Waals surface area contributed by atoms with Crippen LogP contribution in [0.3, 0.4) is 0 Å². The highest BCUT2D eigenvalue weighted by Crippen LogP contribution is 2.34. The summed E-state index contributed by atoms with van der Waals surface area (Å²) < 4.78 is 6.14. The molecule has 4 rings (SSSR count). The van der Waals surface area contributed by atoms with Gasteiger partial charge in [-0.05, 0) is 29.8 Å². The topological polar surface area (TPSA) is 63.6 Å². The summed E-state index contributed by atoms with van der Waals surface area (Å²) in [5.41, 5.74) is 5.87. The number of hydrazone groups is 1. The van der Waals surface area contributed by atoms with Gasteiger partial charge < -0.3 is 4.74 Å². The highest BCUT2D eigenvalue weighted by atomic mass is 16.5. The average Bonchev–Trinajstić information content (AvgIpc) is 2.73. The molecule has 2 heterocycles. The van der Waals surface area contributed by atoms with E-state index in [-0.39, 0.29) is 12.0 Å². The maximum absolute atomic E-state index is 12.3. The minimum atomic E-state index is -0.286. The lowest BCUT2D eigenvalue weighted by molar-refractivity contribution is 0.0954. The van der Waals surface area contributed by atoms with E-state index in [1.807, 2.05) is 54.6 Å². The van der Waals surface area contributed by atoms with Crippen molar-refractivity contribution in [2.45, 2.75) is 12.5 Å². The molecule has 0 saturated carbocycles. The highest BCUT2D eigenvalue weighted by molar-refractivity contribution is 6.05. The van der Waals surface area contributed by atoms with Gasteiger partial charge in [0, 0.05) is 24.4 Å². The molecule has 0 saturated heterocycles. The van der Waals surface area contributed by atoms with Gasteiger partial charge in [-0.2, -0.15) is 5.10 Å². The van der Waals surface area contributed by atoms with Crippen molar-refractivity contribution < 1.29 is 9.53 Å². The van der Waals surface area contributed by atoms with Gasteiger partial charge >= 0.3 is 0 Å². The van der Waals surface area contributed by atoms with Gasteiger partial charge in [-0.25, -0.2) is 5.43 Å². The van der Waals surface area contributed by atoms with E-state index in [9.17, 15) is 4.79 Å². The summed E-state index contributed by atoms with van der Waals surface area (Å²) in [5, 5.41) is 4.39. The van der Waals surface area contributed by atoms with Crippen LogP contribution in [0.15, 0.2) is 84.2 Å². The van der Waals surface area contributed by atoms with Crippen LogP contribution in [0.1, 0.15) is 34.0 Å². The first-order valence-electron chi connectivity index (χ1n) is 8.39. The van der Waals surface area contributed by atoms with Gasteiger partial charge in [0.2, 0.25) is 0 Å². The van der Waals surface area contributed by atoms with E-state index in [0.29, 0.717) is 12.0 Å². The Morgan fingerprint density at radius 3 is 2.65 bits per heavy atom. The van der Waals surface area contributed by atoms with Crippen molar-refractivity contribution in [3.05, 3.63) is 95.8 Å². The molecular formula is C21H17N3O2. The van der Waals surface area contributed by atoms with E-state index in [0.717, 1.165) is 22.6 Å². The number of ether oxygens (including phenoxy) is 1. The summed E-state index contributed by atoms with van der Waals surface area (Å²) in [4.78, 5) is 16.2. The molecular weight excluding hydrogens is 326 g/mol. The van der Waals surface area contributed by atoms with Crippen LogP contribution in [-0.2, 0) is 0 Å². The minimum Gasteiger partial charge on any atom is -0.485 e. The smallest absolute Gasteiger partial charge is 0.272 e. The van der Waals surface area contributed by atoms with Crippen LogP contribution in [0.5, 0.6) is 5.75 Å². The molecule has 1 N–H and O–H groups in total. The number of carbonyl (C=O) groups is 1. The van der Waals surface area contributed by atoms with Crippen molar-refractivity contribution in [3.63, 3.8) is 0 Å². The molecule has 1 aromatic heterocycles. The molecule has 1 amide bonds. The van der Waals surface area contributed by atoms with Gasteiger partial charge in [0.1, 0.15) is 11.9 Å². The molecule has 1 aliphatic heterocycles. The molecule has 0 spiro atoms. The summed E-state index contributed by atoms with van der Waals surface area (Å²) in [7, 11) is 0. The second kappa shape index (κ2) is 7.19. The van der Waals surface area contributed by atoms with Crippen LogP contribution in [0.2, 0.25) is 0 Å². The number of hydrogen-bond donors (Lipinski definition) is 1. The fourth-order valence-electron chi connectivity index (χ4n) is 2.93. The summed E-state index contributed by atoms with van der Waals surface area (Å²) in [6, 6.07) is 21.2. The van der Waals surface area contributed by atoms with E-state index in [1.54, 1.807) is 18.3 Å². The Morgan fingerprint density at radius 2 is 1.85 bits per heavy atom. The Balaban J connectivity index is 1.62. The number of amides is 1. The van der Waals surface area contributed by atoms with E-state index in [1.165, 1.54) is 6.20 Å².